The molecule has 0 aromatic heterocycles. The van der Waals surface area contributed by atoms with E-state index in [0.29, 0.717) is 11.3 Å². The summed E-state index contributed by atoms with van der Waals surface area (Å²) >= 11 is 0. The van der Waals surface area contributed by atoms with Gasteiger partial charge in [0.1, 0.15) is 0 Å². The third-order valence-corrected chi connectivity index (χ3v) is 5.67. The average molecular weight is 516 g/mol. The van der Waals surface area contributed by atoms with Crippen LogP contribution in [0.4, 0.5) is 0 Å². The summed E-state index contributed by atoms with van der Waals surface area (Å²) in [5.41, 5.74) is 0.311. The number of para-hydroxylation sites is 1. The molecule has 0 saturated heterocycles. The van der Waals surface area contributed by atoms with Gasteiger partial charge in [0.05, 0.1) is 12.5 Å². The molecule has 0 aliphatic heterocycles. The molecule has 1 aromatic carbocycles. The van der Waals surface area contributed by atoms with Crippen LogP contribution in [-0.4, -0.2) is 0 Å². The summed E-state index contributed by atoms with van der Waals surface area (Å²) in [6.07, 6.45) is 20.3. The van der Waals surface area contributed by atoms with E-state index in [0.717, 1.165) is 25.7 Å². The van der Waals surface area contributed by atoms with Crippen LogP contribution in [0.5, 0.6) is 11.5 Å². The van der Waals surface area contributed by atoms with Gasteiger partial charge in [-0.3, -0.25) is 0 Å². The molecule has 0 radical (unpaired) electrons. The smallest absolute Gasteiger partial charge is 0.810 e. The zero-order chi connectivity index (χ0) is 22.8. The Hall–Kier alpha value is -0.927. The Kier molecular flexibility index (Phi) is 19.0. The van der Waals surface area contributed by atoms with Crippen LogP contribution in [0, 0.1) is 0 Å². The van der Waals surface area contributed by atoms with Gasteiger partial charge in [-0.1, -0.05) is 84.9 Å². The normalized spacial score (nSPS) is 11.8. The monoisotopic (exact) mass is 514 g/mol. The first kappa shape index (κ1) is 31.1. The summed E-state index contributed by atoms with van der Waals surface area (Å²) in [6.45, 7) is 4.39. The Balaban J connectivity index is 0.00000961. The van der Waals surface area contributed by atoms with Crippen LogP contribution in [0.15, 0.2) is 42.9 Å². The fourth-order valence-corrected chi connectivity index (χ4v) is 3.89. The number of ether oxygens (including phenoxy) is 2. The zero-order valence-electron chi connectivity index (χ0n) is 19.9. The van der Waals surface area contributed by atoms with E-state index in [1.807, 2.05) is 12.2 Å². The molecule has 0 fully saturated rings. The zero-order valence-corrected chi connectivity index (χ0v) is 23.8. The van der Waals surface area contributed by atoms with Crippen molar-refractivity contribution in [1.82, 2.24) is 0 Å². The molecule has 0 aliphatic rings. The molecule has 0 bridgehead atoms. The van der Waals surface area contributed by atoms with E-state index in [-0.39, 0.29) is 25.2 Å². The van der Waals surface area contributed by atoms with Gasteiger partial charge in [-0.2, -0.15) is 0 Å². The first-order valence-electron chi connectivity index (χ1n) is 11.7. The Morgan fingerprint density at radius 3 is 1.88 bits per heavy atom. The molecule has 0 aliphatic carbocycles. The van der Waals surface area contributed by atoms with Crippen LogP contribution in [0.1, 0.15) is 96.5 Å². The number of benzene rings is 1. The molecule has 1 rings (SSSR count). The first-order valence-corrected chi connectivity index (χ1v) is 13.5. The molecule has 32 heavy (non-hydrogen) atoms. The number of hydrogen-bond donors (Lipinski definition) is 0. The van der Waals surface area contributed by atoms with E-state index < -0.39 is 13.8 Å². The number of unbranched alkanes of at least 4 members (excludes halogenated alkanes) is 10. The number of hydrogen-bond acceptors (Lipinski definition) is 5. The third-order valence-electron chi connectivity index (χ3n) is 4.95. The van der Waals surface area contributed by atoms with Crippen LogP contribution in [0.25, 0.3) is 0 Å². The van der Waals surface area contributed by atoms with Crippen molar-refractivity contribution in [3.8, 4) is 11.5 Å². The quantitative estimate of drug-likeness (QED) is 0.0951. The molecule has 7 heteroatoms. The number of rotatable bonds is 18. The second-order valence-electron chi connectivity index (χ2n) is 7.90. The number of allylic oxidation sites excluding steroid dienone is 2. The van der Waals surface area contributed by atoms with E-state index in [4.69, 9.17) is 9.47 Å². The van der Waals surface area contributed by atoms with Crippen LogP contribution in [-0.2, 0) is 30.2 Å². The molecule has 0 N–H and O–H groups in total. The standard InChI is InChI=1S/C25H41O5P.Zn/c1-3-5-7-9-11-13-15-20-29-24-19-17-18-23(22-31(26,27)28)25(24)30-21-16-14-12-10-8-6-4-2;/h15-21H,3-14,22H2,1-2H3,(H2,26,27,28);/q;+2/p-2/b20-15+,21-16+;. The minimum absolute atomic E-state index is 0. The molecule has 0 spiro atoms. The maximum Gasteiger partial charge on any atom is 2.00 e. The Morgan fingerprint density at radius 2 is 1.34 bits per heavy atom. The molecule has 176 valence electrons. The second-order valence-corrected chi connectivity index (χ2v) is 9.44. The maximum atomic E-state index is 11.3. The molecule has 0 unspecified atom stereocenters. The molecular formula is C25H39O5PZn. The van der Waals surface area contributed by atoms with Gasteiger partial charge in [0.25, 0.3) is 0 Å². The maximum absolute atomic E-state index is 11.3. The summed E-state index contributed by atoms with van der Waals surface area (Å²) in [5.74, 6) is 0.685. The Labute approximate surface area is 207 Å². The minimum Gasteiger partial charge on any atom is -0.810 e. The second kappa shape index (κ2) is 19.5. The molecule has 0 heterocycles. The van der Waals surface area contributed by atoms with Crippen molar-refractivity contribution in [2.24, 2.45) is 0 Å². The summed E-state index contributed by atoms with van der Waals surface area (Å²) in [5, 5.41) is 0. The van der Waals surface area contributed by atoms with E-state index in [1.165, 1.54) is 51.4 Å². The van der Waals surface area contributed by atoms with Crippen LogP contribution in [0.2, 0.25) is 0 Å². The summed E-state index contributed by atoms with van der Waals surface area (Å²) in [6, 6.07) is 4.97. The van der Waals surface area contributed by atoms with Gasteiger partial charge < -0.3 is 23.8 Å². The van der Waals surface area contributed by atoms with Crippen LogP contribution < -0.4 is 19.3 Å². The molecule has 0 saturated carbocycles. The molecule has 5 nitrogen and oxygen atoms in total. The van der Waals surface area contributed by atoms with Crippen molar-refractivity contribution in [2.45, 2.75) is 97.1 Å². The summed E-state index contributed by atoms with van der Waals surface area (Å²) in [7, 11) is -4.72. The van der Waals surface area contributed by atoms with Crippen molar-refractivity contribution < 1.29 is 43.3 Å². The minimum atomic E-state index is -4.72. The molecular weight excluding hydrogens is 477 g/mol. The van der Waals surface area contributed by atoms with Crippen molar-refractivity contribution in [2.75, 3.05) is 0 Å². The Bertz CT molecular complexity index is 700. The molecule has 0 amide bonds. The van der Waals surface area contributed by atoms with Crippen LogP contribution in [0.3, 0.4) is 0 Å². The third kappa shape index (κ3) is 15.8. The fourth-order valence-electron chi connectivity index (χ4n) is 3.23. The van der Waals surface area contributed by atoms with E-state index >= 15 is 0 Å². The largest absolute Gasteiger partial charge is 2.00 e. The van der Waals surface area contributed by atoms with Crippen molar-refractivity contribution >= 4 is 7.60 Å². The van der Waals surface area contributed by atoms with Gasteiger partial charge in [-0.25, -0.2) is 0 Å². The van der Waals surface area contributed by atoms with Gasteiger partial charge in [0.15, 0.2) is 11.5 Å². The Morgan fingerprint density at radius 1 is 0.812 bits per heavy atom. The molecule has 0 atom stereocenters. The van der Waals surface area contributed by atoms with Gasteiger partial charge in [-0.05, 0) is 43.9 Å². The summed E-state index contributed by atoms with van der Waals surface area (Å²) in [4.78, 5) is 22.6. The van der Waals surface area contributed by atoms with Gasteiger partial charge >= 0.3 is 19.5 Å². The van der Waals surface area contributed by atoms with Gasteiger partial charge in [-0.15, -0.1) is 0 Å². The van der Waals surface area contributed by atoms with E-state index in [1.54, 1.807) is 30.7 Å². The van der Waals surface area contributed by atoms with E-state index in [2.05, 4.69) is 13.8 Å². The fraction of sp³-hybridized carbons (Fsp3) is 0.600. The predicted molar refractivity (Wildman–Crippen MR) is 124 cm³/mol. The van der Waals surface area contributed by atoms with Crippen LogP contribution >= 0.6 is 7.60 Å². The topological polar surface area (TPSA) is 81.7 Å². The van der Waals surface area contributed by atoms with E-state index in [9.17, 15) is 14.4 Å². The predicted octanol–water partition coefficient (Wildman–Crippen LogP) is 6.60. The van der Waals surface area contributed by atoms with Gasteiger partial charge in [0.2, 0.25) is 0 Å². The van der Waals surface area contributed by atoms with Gasteiger partial charge in [0, 0.05) is 11.7 Å². The SMILES string of the molecule is CCCCCCC/C=C/Oc1cccc(CP(=O)([O-])[O-])c1O/C=C/CCCCCCC.[Zn+2]. The van der Waals surface area contributed by atoms with Crippen molar-refractivity contribution in [3.05, 3.63) is 48.4 Å². The van der Waals surface area contributed by atoms with Crippen molar-refractivity contribution in [1.29, 1.82) is 0 Å². The average Bonchev–Trinajstić information content (AvgIpc) is 2.72. The summed E-state index contributed by atoms with van der Waals surface area (Å²) < 4.78 is 22.8. The molecule has 1 aromatic rings. The first-order chi connectivity index (χ1) is 15.0. The van der Waals surface area contributed by atoms with Crippen molar-refractivity contribution in [3.63, 3.8) is 0 Å².